The number of nitrogens with one attached hydrogen (secondary N) is 1. The van der Waals surface area contributed by atoms with Crippen LogP contribution in [0.15, 0.2) is 0 Å². The van der Waals surface area contributed by atoms with Crippen LogP contribution in [0.3, 0.4) is 0 Å². The van der Waals surface area contributed by atoms with Crippen LogP contribution in [0.5, 0.6) is 0 Å². The number of aliphatic hydroxyl groups excluding tert-OH is 1. The first-order valence-electron chi connectivity index (χ1n) is 7.87. The maximum absolute atomic E-state index is 9.99. The predicted octanol–water partition coefficient (Wildman–Crippen LogP) is 4.14. The minimum Gasteiger partial charge on any atom is -0.788 e. The number of hydrogen-bond acceptors (Lipinski definition) is 3. The third kappa shape index (κ3) is 15.9. The summed E-state index contributed by atoms with van der Waals surface area (Å²) in [6.45, 7) is 0.973. The molecule has 0 aromatic heterocycles. The molecule has 110 valence electrons. The number of unbranched alkanes of at least 4 members (excludes halogenated alkanes) is 12. The molecule has 2 N–H and O–H groups in total. The molecule has 0 rings (SSSR count). The molecule has 0 bridgehead atoms. The molecule has 0 heterocycles. The average Bonchev–Trinajstić information content (AvgIpc) is 2.39. The van der Waals surface area contributed by atoms with E-state index in [1.807, 2.05) is 5.48 Å². The van der Waals surface area contributed by atoms with Crippen molar-refractivity contribution in [2.75, 3.05) is 13.2 Å². The van der Waals surface area contributed by atoms with Gasteiger partial charge >= 0.3 is 0 Å². The Morgan fingerprint density at radius 1 is 0.556 bits per heavy atom. The summed E-state index contributed by atoms with van der Waals surface area (Å²) in [7, 11) is 0. The van der Waals surface area contributed by atoms with Gasteiger partial charge in [0.2, 0.25) is 0 Å². The lowest BCUT2D eigenvalue weighted by molar-refractivity contribution is 0.282. The Morgan fingerprint density at radius 3 is 1.22 bits per heavy atom. The number of hydroxylamine groups is 1. The number of hydrogen-bond donors (Lipinski definition) is 2. The first-order chi connectivity index (χ1) is 8.91. The summed E-state index contributed by atoms with van der Waals surface area (Å²) in [5.74, 6) is 0. The number of rotatable bonds is 15. The summed E-state index contributed by atoms with van der Waals surface area (Å²) in [4.78, 5) is 0. The fourth-order valence-electron chi connectivity index (χ4n) is 2.25. The van der Waals surface area contributed by atoms with E-state index in [9.17, 15) is 5.21 Å². The fourth-order valence-corrected chi connectivity index (χ4v) is 2.25. The molecule has 0 saturated carbocycles. The zero-order chi connectivity index (χ0) is 13.3. The van der Waals surface area contributed by atoms with Crippen LogP contribution in [0.2, 0.25) is 0 Å². The Bertz CT molecular complexity index is 126. The quantitative estimate of drug-likeness (QED) is 0.343. The lowest BCUT2D eigenvalue weighted by Gasteiger charge is -2.06. The Morgan fingerprint density at radius 2 is 0.889 bits per heavy atom. The zero-order valence-corrected chi connectivity index (χ0v) is 12.0. The van der Waals surface area contributed by atoms with Crippen molar-refractivity contribution in [3.63, 3.8) is 0 Å². The topological polar surface area (TPSA) is 55.3 Å². The summed E-state index contributed by atoms with van der Waals surface area (Å²) >= 11 is 0. The van der Waals surface area contributed by atoms with Gasteiger partial charge in [-0.05, 0) is 19.4 Å². The van der Waals surface area contributed by atoms with Crippen molar-refractivity contribution in [2.24, 2.45) is 0 Å². The van der Waals surface area contributed by atoms with Crippen molar-refractivity contribution in [3.8, 4) is 0 Å². The molecule has 0 aliphatic carbocycles. The lowest BCUT2D eigenvalue weighted by Crippen LogP contribution is -2.04. The van der Waals surface area contributed by atoms with Crippen molar-refractivity contribution in [1.82, 2.24) is 5.48 Å². The van der Waals surface area contributed by atoms with Gasteiger partial charge in [-0.2, -0.15) is 0 Å². The van der Waals surface area contributed by atoms with Crippen LogP contribution in [0.1, 0.15) is 83.5 Å². The molecule has 0 aromatic carbocycles. The Balaban J connectivity index is 2.86. The molecule has 0 amide bonds. The van der Waals surface area contributed by atoms with E-state index in [2.05, 4.69) is 0 Å². The van der Waals surface area contributed by atoms with Gasteiger partial charge in [0.1, 0.15) is 0 Å². The Labute approximate surface area is 113 Å². The largest absolute Gasteiger partial charge is 0.788 e. The van der Waals surface area contributed by atoms with Gasteiger partial charge in [-0.25, -0.2) is 0 Å². The second-order valence-corrected chi connectivity index (χ2v) is 5.21. The Hall–Kier alpha value is -0.120. The standard InChI is InChI=1S/C15H32NO2/c17-15-13-11-9-7-5-3-1-2-4-6-8-10-12-14-16-18/h16-17H,1-15H2/q-1. The van der Waals surface area contributed by atoms with E-state index in [1.165, 1.54) is 70.6 Å². The van der Waals surface area contributed by atoms with Crippen LogP contribution >= 0.6 is 0 Å². The van der Waals surface area contributed by atoms with Crippen LogP contribution < -0.4 is 5.48 Å². The van der Waals surface area contributed by atoms with Crippen molar-refractivity contribution in [3.05, 3.63) is 5.21 Å². The van der Waals surface area contributed by atoms with Crippen molar-refractivity contribution < 1.29 is 5.11 Å². The Kier molecular flexibility index (Phi) is 16.8. The van der Waals surface area contributed by atoms with Gasteiger partial charge in [0.05, 0.1) is 0 Å². The molecule has 0 spiro atoms. The molecular formula is C15H32NO2-. The number of aliphatic hydroxyl groups is 1. The van der Waals surface area contributed by atoms with E-state index in [0.29, 0.717) is 13.2 Å². The smallest absolute Gasteiger partial charge is 0.0431 e. The van der Waals surface area contributed by atoms with Gasteiger partial charge in [-0.15, -0.1) is 0 Å². The van der Waals surface area contributed by atoms with E-state index < -0.39 is 0 Å². The maximum atomic E-state index is 9.99. The van der Waals surface area contributed by atoms with E-state index in [0.717, 1.165) is 12.8 Å². The molecule has 3 heteroatoms. The molecule has 0 aliphatic heterocycles. The van der Waals surface area contributed by atoms with Gasteiger partial charge in [-0.3, -0.25) is 0 Å². The van der Waals surface area contributed by atoms with Gasteiger partial charge in [0.15, 0.2) is 0 Å². The second kappa shape index (κ2) is 16.9. The molecule has 0 fully saturated rings. The highest BCUT2D eigenvalue weighted by Crippen LogP contribution is 2.12. The van der Waals surface area contributed by atoms with Crippen molar-refractivity contribution in [1.29, 1.82) is 0 Å². The van der Waals surface area contributed by atoms with Gasteiger partial charge in [0.25, 0.3) is 0 Å². The second-order valence-electron chi connectivity index (χ2n) is 5.21. The van der Waals surface area contributed by atoms with Gasteiger partial charge < -0.3 is 15.8 Å². The summed E-state index contributed by atoms with van der Waals surface area (Å²) in [6.07, 6.45) is 16.5. The third-order valence-electron chi connectivity index (χ3n) is 3.44. The predicted molar refractivity (Wildman–Crippen MR) is 78.5 cm³/mol. The van der Waals surface area contributed by atoms with E-state index >= 15 is 0 Å². The molecule has 0 aromatic rings. The molecule has 0 atom stereocenters. The summed E-state index contributed by atoms with van der Waals surface area (Å²) in [5, 5.41) is 18.6. The SMILES string of the molecule is [O-]NCCCCCCCCCCCCCCCO. The normalized spacial score (nSPS) is 11.0. The minimum atomic E-state index is 0.352. The van der Waals surface area contributed by atoms with E-state index in [4.69, 9.17) is 5.11 Å². The molecule has 0 saturated heterocycles. The highest BCUT2D eigenvalue weighted by atomic mass is 16.5. The van der Waals surface area contributed by atoms with Gasteiger partial charge in [0, 0.05) is 6.61 Å². The van der Waals surface area contributed by atoms with E-state index in [-0.39, 0.29) is 0 Å². The molecule has 3 nitrogen and oxygen atoms in total. The van der Waals surface area contributed by atoms with Crippen molar-refractivity contribution in [2.45, 2.75) is 83.5 Å². The molecule has 0 radical (unpaired) electrons. The first kappa shape index (κ1) is 17.9. The van der Waals surface area contributed by atoms with Crippen LogP contribution in [-0.2, 0) is 0 Å². The summed E-state index contributed by atoms with van der Waals surface area (Å²) in [5.41, 5.74) is 1.95. The molecule has 0 aliphatic rings. The molecular weight excluding hydrogens is 226 g/mol. The minimum absolute atomic E-state index is 0.352. The highest BCUT2D eigenvalue weighted by Gasteiger charge is 1.93. The molecule has 18 heavy (non-hydrogen) atoms. The van der Waals surface area contributed by atoms with Crippen LogP contribution in [0, 0.1) is 5.21 Å². The summed E-state index contributed by atoms with van der Waals surface area (Å²) < 4.78 is 0. The maximum Gasteiger partial charge on any atom is 0.0431 e. The highest BCUT2D eigenvalue weighted by molar-refractivity contribution is 4.50. The van der Waals surface area contributed by atoms with Crippen molar-refractivity contribution >= 4 is 0 Å². The van der Waals surface area contributed by atoms with E-state index in [1.54, 1.807) is 0 Å². The first-order valence-corrected chi connectivity index (χ1v) is 7.87. The molecule has 0 unspecified atom stereocenters. The summed E-state index contributed by atoms with van der Waals surface area (Å²) in [6, 6.07) is 0. The van der Waals surface area contributed by atoms with Crippen LogP contribution in [0.25, 0.3) is 0 Å². The van der Waals surface area contributed by atoms with Crippen LogP contribution in [-0.4, -0.2) is 18.3 Å². The third-order valence-corrected chi connectivity index (χ3v) is 3.44. The lowest BCUT2D eigenvalue weighted by atomic mass is 10.0. The average molecular weight is 258 g/mol. The monoisotopic (exact) mass is 258 g/mol. The van der Waals surface area contributed by atoms with Crippen LogP contribution in [0.4, 0.5) is 0 Å². The van der Waals surface area contributed by atoms with Gasteiger partial charge in [-0.1, -0.05) is 70.6 Å². The fraction of sp³-hybridized carbons (Fsp3) is 1.00. The zero-order valence-electron chi connectivity index (χ0n) is 12.0.